The zero-order chi connectivity index (χ0) is 13.1. The number of aliphatic hydroxyl groups is 1. The predicted octanol–water partition coefficient (Wildman–Crippen LogP) is 0.360. The largest absolute Gasteiger partial charge is 0.465 e. The third-order valence-corrected chi connectivity index (χ3v) is 3.97. The Morgan fingerprint density at radius 1 is 1.11 bits per heavy atom. The summed E-state index contributed by atoms with van der Waals surface area (Å²) in [6, 6.07) is -0.492. The van der Waals surface area contributed by atoms with E-state index in [0.29, 0.717) is 26.1 Å². The van der Waals surface area contributed by atoms with Crippen molar-refractivity contribution in [3.05, 3.63) is 0 Å². The van der Waals surface area contributed by atoms with Crippen molar-refractivity contribution in [2.75, 3.05) is 26.2 Å². The standard InChI is InChI=1S/C12H20N2O4/c15-8-9-3-6-13(7-4-9)11(16)10-2-1-5-14(10)12(17)18/h9-10,15H,1-8H2,(H,17,18). The monoisotopic (exact) mass is 256 g/mol. The van der Waals surface area contributed by atoms with E-state index in [1.807, 2.05) is 0 Å². The molecule has 0 aromatic carbocycles. The summed E-state index contributed by atoms with van der Waals surface area (Å²) in [4.78, 5) is 26.3. The fourth-order valence-electron chi connectivity index (χ4n) is 2.80. The normalized spacial score (nSPS) is 25.5. The lowest BCUT2D eigenvalue weighted by Crippen LogP contribution is -2.49. The molecule has 0 aromatic heterocycles. The molecule has 2 aliphatic rings. The first kappa shape index (κ1) is 13.1. The van der Waals surface area contributed by atoms with Gasteiger partial charge < -0.3 is 15.1 Å². The number of piperidine rings is 1. The number of carboxylic acid groups (broad SMARTS) is 1. The Hall–Kier alpha value is -1.30. The van der Waals surface area contributed by atoms with E-state index >= 15 is 0 Å². The number of amides is 2. The predicted molar refractivity (Wildman–Crippen MR) is 64.1 cm³/mol. The van der Waals surface area contributed by atoms with Gasteiger partial charge in [-0.05, 0) is 31.6 Å². The fourth-order valence-corrected chi connectivity index (χ4v) is 2.80. The maximum Gasteiger partial charge on any atom is 0.407 e. The van der Waals surface area contributed by atoms with Crippen LogP contribution in [-0.4, -0.2) is 64.3 Å². The molecule has 2 amide bonds. The molecule has 2 saturated heterocycles. The van der Waals surface area contributed by atoms with Gasteiger partial charge in [0.2, 0.25) is 5.91 Å². The Kier molecular flexibility index (Phi) is 4.06. The molecule has 18 heavy (non-hydrogen) atoms. The molecule has 2 N–H and O–H groups in total. The highest BCUT2D eigenvalue weighted by Gasteiger charge is 2.37. The number of nitrogens with zero attached hydrogens (tertiary/aromatic N) is 2. The zero-order valence-corrected chi connectivity index (χ0v) is 10.4. The van der Waals surface area contributed by atoms with Crippen LogP contribution in [0.15, 0.2) is 0 Å². The van der Waals surface area contributed by atoms with Crippen molar-refractivity contribution in [2.45, 2.75) is 31.7 Å². The van der Waals surface area contributed by atoms with Crippen LogP contribution in [0.3, 0.4) is 0 Å². The van der Waals surface area contributed by atoms with Gasteiger partial charge in [0.05, 0.1) is 0 Å². The van der Waals surface area contributed by atoms with Crippen LogP contribution in [0.2, 0.25) is 0 Å². The number of aliphatic hydroxyl groups excluding tert-OH is 1. The van der Waals surface area contributed by atoms with Crippen molar-refractivity contribution in [2.24, 2.45) is 5.92 Å². The van der Waals surface area contributed by atoms with Crippen molar-refractivity contribution in [1.29, 1.82) is 0 Å². The Morgan fingerprint density at radius 3 is 2.33 bits per heavy atom. The second kappa shape index (κ2) is 5.56. The first-order valence-corrected chi connectivity index (χ1v) is 6.52. The highest BCUT2D eigenvalue weighted by Crippen LogP contribution is 2.23. The molecule has 0 radical (unpaired) electrons. The van der Waals surface area contributed by atoms with Crippen molar-refractivity contribution < 1.29 is 19.8 Å². The number of likely N-dealkylation sites (tertiary alicyclic amines) is 2. The van der Waals surface area contributed by atoms with E-state index in [1.54, 1.807) is 4.90 Å². The first-order valence-electron chi connectivity index (χ1n) is 6.52. The van der Waals surface area contributed by atoms with Gasteiger partial charge in [0.15, 0.2) is 0 Å². The Labute approximate surface area is 106 Å². The summed E-state index contributed by atoms with van der Waals surface area (Å²) in [6.45, 7) is 1.90. The van der Waals surface area contributed by atoms with Crippen LogP contribution in [0.5, 0.6) is 0 Å². The van der Waals surface area contributed by atoms with Gasteiger partial charge in [-0.2, -0.15) is 0 Å². The third-order valence-electron chi connectivity index (χ3n) is 3.97. The van der Waals surface area contributed by atoms with Crippen molar-refractivity contribution in [3.8, 4) is 0 Å². The molecular formula is C12H20N2O4. The molecule has 1 atom stereocenters. The highest BCUT2D eigenvalue weighted by molar-refractivity contribution is 5.86. The van der Waals surface area contributed by atoms with Crippen LogP contribution in [0.25, 0.3) is 0 Å². The lowest BCUT2D eigenvalue weighted by molar-refractivity contribution is -0.137. The summed E-state index contributed by atoms with van der Waals surface area (Å²) >= 11 is 0. The number of hydrogen-bond acceptors (Lipinski definition) is 3. The Bertz CT molecular complexity index is 326. The maximum atomic E-state index is 12.3. The van der Waals surface area contributed by atoms with E-state index in [9.17, 15) is 9.59 Å². The van der Waals surface area contributed by atoms with Gasteiger partial charge in [0, 0.05) is 26.2 Å². The van der Waals surface area contributed by atoms with E-state index in [4.69, 9.17) is 10.2 Å². The van der Waals surface area contributed by atoms with Gasteiger partial charge in [-0.25, -0.2) is 4.79 Å². The molecule has 2 fully saturated rings. The van der Waals surface area contributed by atoms with Crippen molar-refractivity contribution in [3.63, 3.8) is 0 Å². The lowest BCUT2D eigenvalue weighted by atomic mass is 9.97. The fraction of sp³-hybridized carbons (Fsp3) is 0.833. The number of rotatable bonds is 2. The Balaban J connectivity index is 1.93. The van der Waals surface area contributed by atoms with Crippen molar-refractivity contribution in [1.82, 2.24) is 9.80 Å². The molecule has 102 valence electrons. The lowest BCUT2D eigenvalue weighted by Gasteiger charge is -2.34. The minimum atomic E-state index is -1.00. The van der Waals surface area contributed by atoms with Gasteiger partial charge in [-0.15, -0.1) is 0 Å². The number of carbonyl (C=O) groups is 2. The maximum absolute atomic E-state index is 12.3. The van der Waals surface area contributed by atoms with E-state index < -0.39 is 12.1 Å². The van der Waals surface area contributed by atoms with E-state index in [1.165, 1.54) is 4.90 Å². The van der Waals surface area contributed by atoms with Crippen LogP contribution in [0, 0.1) is 5.92 Å². The van der Waals surface area contributed by atoms with Gasteiger partial charge in [0.1, 0.15) is 6.04 Å². The molecule has 0 bridgehead atoms. The minimum absolute atomic E-state index is 0.0636. The quantitative estimate of drug-likeness (QED) is 0.747. The van der Waals surface area contributed by atoms with Crippen molar-refractivity contribution >= 4 is 12.0 Å². The van der Waals surface area contributed by atoms with Gasteiger partial charge in [0.25, 0.3) is 0 Å². The molecular weight excluding hydrogens is 236 g/mol. The second-order valence-electron chi connectivity index (χ2n) is 5.09. The van der Waals surface area contributed by atoms with Crippen LogP contribution in [0.1, 0.15) is 25.7 Å². The van der Waals surface area contributed by atoms with Gasteiger partial charge in [-0.1, -0.05) is 0 Å². The van der Waals surface area contributed by atoms with E-state index in [0.717, 1.165) is 19.3 Å². The third kappa shape index (κ3) is 2.58. The highest BCUT2D eigenvalue weighted by atomic mass is 16.4. The molecule has 0 aliphatic carbocycles. The summed E-state index contributed by atoms with van der Waals surface area (Å²) in [6.07, 6.45) is 2.00. The SMILES string of the molecule is O=C(C1CCCN1C(=O)O)N1CCC(CO)CC1. The average molecular weight is 256 g/mol. The molecule has 0 aromatic rings. The molecule has 1 unspecified atom stereocenters. The summed E-state index contributed by atoms with van der Waals surface area (Å²) in [5.41, 5.74) is 0. The summed E-state index contributed by atoms with van der Waals surface area (Å²) in [5.74, 6) is 0.222. The summed E-state index contributed by atoms with van der Waals surface area (Å²) < 4.78 is 0. The van der Waals surface area contributed by atoms with E-state index in [-0.39, 0.29) is 18.4 Å². The Morgan fingerprint density at radius 2 is 1.78 bits per heavy atom. The average Bonchev–Trinajstić information content (AvgIpc) is 2.87. The van der Waals surface area contributed by atoms with Gasteiger partial charge in [-0.3, -0.25) is 9.69 Å². The van der Waals surface area contributed by atoms with Crippen LogP contribution >= 0.6 is 0 Å². The number of carbonyl (C=O) groups excluding carboxylic acids is 1. The molecule has 2 heterocycles. The molecule has 0 saturated carbocycles. The van der Waals surface area contributed by atoms with E-state index in [2.05, 4.69) is 0 Å². The van der Waals surface area contributed by atoms with Crippen LogP contribution in [-0.2, 0) is 4.79 Å². The summed E-state index contributed by atoms with van der Waals surface area (Å²) in [5, 5.41) is 18.1. The molecule has 0 spiro atoms. The molecule has 6 heteroatoms. The molecule has 6 nitrogen and oxygen atoms in total. The molecule has 2 rings (SSSR count). The summed E-state index contributed by atoms with van der Waals surface area (Å²) in [7, 11) is 0. The van der Waals surface area contributed by atoms with Gasteiger partial charge >= 0.3 is 6.09 Å². The smallest absolute Gasteiger partial charge is 0.407 e. The topological polar surface area (TPSA) is 81.1 Å². The minimum Gasteiger partial charge on any atom is -0.465 e. The van der Waals surface area contributed by atoms with Crippen LogP contribution in [0.4, 0.5) is 4.79 Å². The molecule has 2 aliphatic heterocycles. The first-order chi connectivity index (χ1) is 8.63. The second-order valence-corrected chi connectivity index (χ2v) is 5.09. The van der Waals surface area contributed by atoms with Crippen LogP contribution < -0.4 is 0 Å². The zero-order valence-electron chi connectivity index (χ0n) is 10.4. The number of hydrogen-bond donors (Lipinski definition) is 2.